The molecule has 0 unspecified atom stereocenters. The number of ether oxygens (including phenoxy) is 2. The van der Waals surface area contributed by atoms with Crippen LogP contribution in [0.15, 0.2) is 77.1 Å². The number of anilines is 3. The molecule has 1 heterocycles. The first-order valence-electron chi connectivity index (χ1n) is 10.9. The van der Waals surface area contributed by atoms with Crippen LogP contribution in [0.2, 0.25) is 0 Å². The van der Waals surface area contributed by atoms with Crippen LogP contribution in [0.25, 0.3) is 0 Å². The van der Waals surface area contributed by atoms with Crippen molar-refractivity contribution in [2.75, 3.05) is 22.5 Å². The fraction of sp³-hybridized carbons (Fsp3) is 0.0800. The fourth-order valence-electron chi connectivity index (χ4n) is 3.26. The van der Waals surface area contributed by atoms with Gasteiger partial charge in [-0.05, 0) is 49.4 Å². The minimum absolute atomic E-state index is 0.0106. The van der Waals surface area contributed by atoms with Gasteiger partial charge in [-0.2, -0.15) is 0 Å². The van der Waals surface area contributed by atoms with E-state index in [0.29, 0.717) is 10.7 Å². The maximum absolute atomic E-state index is 14.5. The number of nitrogens with one attached hydrogen (secondary N) is 3. The highest BCUT2D eigenvalue weighted by Gasteiger charge is 2.19. The molecule has 38 heavy (non-hydrogen) atoms. The van der Waals surface area contributed by atoms with E-state index in [-0.39, 0.29) is 39.3 Å². The summed E-state index contributed by atoms with van der Waals surface area (Å²) in [5, 5.41) is 7.11. The van der Waals surface area contributed by atoms with Crippen molar-refractivity contribution in [2.24, 2.45) is 0 Å². The first-order valence-corrected chi connectivity index (χ1v) is 13.3. The molecule has 0 atom stereocenters. The molecule has 0 aliphatic rings. The number of aromatic nitrogens is 1. The predicted molar refractivity (Wildman–Crippen MR) is 141 cm³/mol. The van der Waals surface area contributed by atoms with Gasteiger partial charge in [-0.3, -0.25) is 14.8 Å². The number of hydrogen-bond acceptors (Lipinski definition) is 8. The van der Waals surface area contributed by atoms with Crippen molar-refractivity contribution in [3.8, 4) is 17.2 Å². The molecule has 2 amide bonds. The van der Waals surface area contributed by atoms with Gasteiger partial charge in [0.25, 0.3) is 10.0 Å². The second kappa shape index (κ2) is 11.3. The van der Waals surface area contributed by atoms with E-state index in [1.54, 1.807) is 5.38 Å². The number of carbonyl (C=O) groups is 2. The van der Waals surface area contributed by atoms with Gasteiger partial charge >= 0.3 is 6.03 Å². The largest absolute Gasteiger partial charge is 0.493 e. The van der Waals surface area contributed by atoms with Gasteiger partial charge < -0.3 is 14.8 Å². The average Bonchev–Trinajstić information content (AvgIpc) is 3.39. The molecule has 1 aromatic heterocycles. The third kappa shape index (κ3) is 6.25. The number of methoxy groups -OCH3 is 1. The Labute approximate surface area is 221 Å². The Morgan fingerprint density at radius 1 is 1.00 bits per heavy atom. The first kappa shape index (κ1) is 26.6. The summed E-state index contributed by atoms with van der Waals surface area (Å²) in [6, 6.07) is 12.9. The number of Topliss-reactive ketones (excluding diaryl/α,β-unsaturated/α-hetero) is 1. The summed E-state index contributed by atoms with van der Waals surface area (Å²) in [6.07, 6.45) is 1.51. The number of carbonyl (C=O) groups excluding carboxylic acids is 2. The van der Waals surface area contributed by atoms with Gasteiger partial charge in [-0.25, -0.2) is 22.6 Å². The van der Waals surface area contributed by atoms with E-state index in [4.69, 9.17) is 9.47 Å². The summed E-state index contributed by atoms with van der Waals surface area (Å²) >= 11 is 1.19. The van der Waals surface area contributed by atoms with E-state index in [2.05, 4.69) is 20.3 Å². The molecule has 0 fully saturated rings. The molecule has 3 aromatic carbocycles. The number of thiazole rings is 1. The lowest BCUT2D eigenvalue weighted by atomic mass is 10.2. The summed E-state index contributed by atoms with van der Waals surface area (Å²) in [5.74, 6) is -1.01. The number of rotatable bonds is 9. The van der Waals surface area contributed by atoms with E-state index < -0.39 is 21.9 Å². The van der Waals surface area contributed by atoms with Crippen LogP contribution in [-0.2, 0) is 10.0 Å². The molecule has 0 saturated carbocycles. The lowest BCUT2D eigenvalue weighted by Gasteiger charge is -2.16. The molecule has 0 aliphatic heterocycles. The van der Waals surface area contributed by atoms with Gasteiger partial charge in [0.2, 0.25) is 5.75 Å². The zero-order valence-electron chi connectivity index (χ0n) is 20.0. The minimum atomic E-state index is -4.05. The zero-order valence-corrected chi connectivity index (χ0v) is 21.7. The first-order chi connectivity index (χ1) is 18.2. The maximum atomic E-state index is 14.5. The molecular formula is C25H21FN4O6S2. The Balaban J connectivity index is 1.65. The summed E-state index contributed by atoms with van der Waals surface area (Å²) in [6.45, 7) is 1.38. The lowest BCUT2D eigenvalue weighted by Crippen LogP contribution is -2.20. The third-order valence-electron chi connectivity index (χ3n) is 5.07. The molecule has 0 saturated heterocycles. The average molecular weight is 557 g/mol. The Morgan fingerprint density at radius 2 is 1.76 bits per heavy atom. The topological polar surface area (TPSA) is 136 Å². The molecule has 4 rings (SSSR count). The summed E-state index contributed by atoms with van der Waals surface area (Å²) in [7, 11) is -2.70. The van der Waals surface area contributed by atoms with Gasteiger partial charge in [-0.15, -0.1) is 11.3 Å². The number of para-hydroxylation sites is 1. The third-order valence-corrected chi connectivity index (χ3v) is 7.15. The normalized spacial score (nSPS) is 10.9. The van der Waals surface area contributed by atoms with E-state index in [1.165, 1.54) is 92.2 Å². The number of sulfonamides is 1. The highest BCUT2D eigenvalue weighted by atomic mass is 32.2. The van der Waals surface area contributed by atoms with E-state index in [1.807, 2.05) is 0 Å². The van der Waals surface area contributed by atoms with Gasteiger partial charge in [0.1, 0.15) is 0 Å². The Hall–Kier alpha value is -4.49. The SMILES string of the molecule is COc1cccc(F)c1Oc1ccc(NS(=O)(=O)c2ccc(C(C)=O)cc2)cc1NC(=O)Nc1nccs1. The van der Waals surface area contributed by atoms with Crippen LogP contribution >= 0.6 is 11.3 Å². The van der Waals surface area contributed by atoms with Crippen molar-refractivity contribution in [1.29, 1.82) is 0 Å². The van der Waals surface area contributed by atoms with Gasteiger partial charge in [-0.1, -0.05) is 18.2 Å². The van der Waals surface area contributed by atoms with Gasteiger partial charge in [0.15, 0.2) is 28.2 Å². The molecule has 10 nitrogen and oxygen atoms in total. The number of amides is 2. The summed E-state index contributed by atoms with van der Waals surface area (Å²) in [4.78, 5) is 28.0. The van der Waals surface area contributed by atoms with Crippen LogP contribution in [0.3, 0.4) is 0 Å². The molecule has 0 spiro atoms. The summed E-state index contributed by atoms with van der Waals surface area (Å²) in [5.41, 5.74) is 0.473. The van der Waals surface area contributed by atoms with Crippen LogP contribution in [0.5, 0.6) is 17.2 Å². The molecular weight excluding hydrogens is 535 g/mol. The molecule has 3 N–H and O–H groups in total. The van der Waals surface area contributed by atoms with E-state index in [0.717, 1.165) is 0 Å². The van der Waals surface area contributed by atoms with Gasteiger partial charge in [0.05, 0.1) is 23.4 Å². The van der Waals surface area contributed by atoms with Crippen molar-refractivity contribution in [2.45, 2.75) is 11.8 Å². The smallest absolute Gasteiger partial charge is 0.325 e. The molecule has 196 valence electrons. The van der Waals surface area contributed by atoms with Gasteiger partial charge in [0, 0.05) is 17.1 Å². The molecule has 13 heteroatoms. The van der Waals surface area contributed by atoms with Crippen LogP contribution in [0.4, 0.5) is 25.7 Å². The highest BCUT2D eigenvalue weighted by molar-refractivity contribution is 7.92. The van der Waals surface area contributed by atoms with Crippen molar-refractivity contribution in [3.63, 3.8) is 0 Å². The second-order valence-electron chi connectivity index (χ2n) is 7.69. The summed E-state index contributed by atoms with van der Waals surface area (Å²) < 4.78 is 53.7. The zero-order chi connectivity index (χ0) is 27.3. The van der Waals surface area contributed by atoms with Crippen LogP contribution in [0, 0.1) is 5.82 Å². The van der Waals surface area contributed by atoms with Crippen LogP contribution < -0.4 is 24.8 Å². The quantitative estimate of drug-likeness (QED) is 0.224. The fourth-order valence-corrected chi connectivity index (χ4v) is 4.83. The molecule has 4 aromatic rings. The lowest BCUT2D eigenvalue weighted by molar-refractivity contribution is 0.101. The monoisotopic (exact) mass is 556 g/mol. The molecule has 0 aliphatic carbocycles. The Bertz CT molecular complexity index is 1580. The van der Waals surface area contributed by atoms with Crippen LogP contribution in [-0.4, -0.2) is 32.3 Å². The number of halogens is 1. The van der Waals surface area contributed by atoms with E-state index >= 15 is 0 Å². The standard InChI is InChI=1S/C25H21FN4O6S2/c1-15(31)16-6-9-18(10-7-16)38(33,34)30-17-8-11-21(36-23-19(26)4-3-5-22(23)35-2)20(14-17)28-24(32)29-25-27-12-13-37-25/h3-14,30H,1-2H3,(H2,27,28,29,32). The Morgan fingerprint density at radius 3 is 2.42 bits per heavy atom. The van der Waals surface area contributed by atoms with E-state index in [9.17, 15) is 22.4 Å². The molecule has 0 radical (unpaired) electrons. The van der Waals surface area contributed by atoms with Crippen molar-refractivity contribution >= 4 is 49.7 Å². The van der Waals surface area contributed by atoms with Crippen LogP contribution in [0.1, 0.15) is 17.3 Å². The minimum Gasteiger partial charge on any atom is -0.493 e. The van der Waals surface area contributed by atoms with Crippen molar-refractivity contribution in [1.82, 2.24) is 4.98 Å². The number of benzene rings is 3. The maximum Gasteiger partial charge on any atom is 0.325 e. The number of ketones is 1. The van der Waals surface area contributed by atoms with Crippen molar-refractivity contribution in [3.05, 3.63) is 83.6 Å². The number of hydrogen-bond donors (Lipinski definition) is 3. The van der Waals surface area contributed by atoms with Crippen molar-refractivity contribution < 1.29 is 31.9 Å². The highest BCUT2D eigenvalue weighted by Crippen LogP contribution is 2.38. The Kier molecular flexibility index (Phi) is 7.88. The number of urea groups is 1. The second-order valence-corrected chi connectivity index (χ2v) is 10.3. The number of nitrogens with zero attached hydrogens (tertiary/aromatic N) is 1. The molecule has 0 bridgehead atoms. The predicted octanol–water partition coefficient (Wildman–Crippen LogP) is 5.73.